The molecular formula is C22H25F3N2O6. The summed E-state index contributed by atoms with van der Waals surface area (Å²) in [5.74, 6) is -2.73. The molecule has 0 aliphatic carbocycles. The molecule has 2 atom stereocenters. The number of carboxylic acid groups (broad SMARTS) is 1. The molecule has 0 saturated carbocycles. The molecule has 2 aromatic heterocycles. The molecule has 0 spiro atoms. The fourth-order valence-corrected chi connectivity index (χ4v) is 4.09. The lowest BCUT2D eigenvalue weighted by molar-refractivity contribution is -0.192. The van der Waals surface area contributed by atoms with Gasteiger partial charge in [0, 0.05) is 37.5 Å². The summed E-state index contributed by atoms with van der Waals surface area (Å²) in [4.78, 5) is 27.6. The second kappa shape index (κ2) is 10.8. The number of hydrogen-bond acceptors (Lipinski definition) is 6. The predicted octanol–water partition coefficient (Wildman–Crippen LogP) is 3.54. The topological polar surface area (TPSA) is 102 Å². The van der Waals surface area contributed by atoms with Crippen molar-refractivity contribution in [1.82, 2.24) is 9.88 Å². The maximum absolute atomic E-state index is 12.8. The molecule has 0 bridgehead atoms. The number of fused-ring (bicyclic) bond motifs is 1. The largest absolute Gasteiger partial charge is 0.490 e. The zero-order chi connectivity index (χ0) is 23.9. The molecule has 2 saturated heterocycles. The van der Waals surface area contributed by atoms with Gasteiger partial charge in [-0.25, -0.2) is 4.79 Å². The van der Waals surface area contributed by atoms with Crippen molar-refractivity contribution in [2.45, 2.75) is 38.1 Å². The Morgan fingerprint density at radius 3 is 2.64 bits per heavy atom. The molecule has 180 valence electrons. The summed E-state index contributed by atoms with van der Waals surface area (Å²) in [6, 6.07) is 5.64. The Labute approximate surface area is 188 Å². The van der Waals surface area contributed by atoms with Gasteiger partial charge in [-0.1, -0.05) is 0 Å². The lowest BCUT2D eigenvalue weighted by Gasteiger charge is -2.50. The predicted molar refractivity (Wildman–Crippen MR) is 108 cm³/mol. The number of alkyl halides is 3. The van der Waals surface area contributed by atoms with Gasteiger partial charge in [-0.15, -0.1) is 0 Å². The highest BCUT2D eigenvalue weighted by molar-refractivity contribution is 5.93. The van der Waals surface area contributed by atoms with Crippen LogP contribution in [0.4, 0.5) is 13.2 Å². The fraction of sp³-hybridized carbons (Fsp3) is 0.500. The maximum Gasteiger partial charge on any atom is 0.490 e. The maximum atomic E-state index is 12.8. The van der Waals surface area contributed by atoms with Gasteiger partial charge < -0.3 is 23.9 Å². The molecule has 0 radical (unpaired) electrons. The fourth-order valence-electron chi connectivity index (χ4n) is 4.09. The van der Waals surface area contributed by atoms with Crippen LogP contribution in [0.25, 0.3) is 0 Å². The number of pyridine rings is 1. The Kier molecular flexibility index (Phi) is 8.09. The van der Waals surface area contributed by atoms with E-state index in [9.17, 15) is 18.0 Å². The Hall–Kier alpha value is -2.92. The average molecular weight is 470 g/mol. The van der Waals surface area contributed by atoms with Crippen molar-refractivity contribution in [3.8, 4) is 0 Å². The van der Waals surface area contributed by atoms with Crippen LogP contribution in [-0.4, -0.2) is 65.5 Å². The first-order valence-corrected chi connectivity index (χ1v) is 10.4. The number of carboxylic acids is 1. The quantitative estimate of drug-likeness (QED) is 0.713. The Morgan fingerprint density at radius 2 is 2.00 bits per heavy atom. The van der Waals surface area contributed by atoms with Crippen LogP contribution < -0.4 is 0 Å². The monoisotopic (exact) mass is 470 g/mol. The van der Waals surface area contributed by atoms with E-state index in [-0.39, 0.29) is 17.4 Å². The van der Waals surface area contributed by atoms with E-state index in [0.29, 0.717) is 31.9 Å². The number of likely N-dealkylation sites (tertiary alicyclic amines) is 1. The van der Waals surface area contributed by atoms with E-state index in [1.807, 2.05) is 17.0 Å². The van der Waals surface area contributed by atoms with E-state index in [0.717, 1.165) is 31.4 Å². The van der Waals surface area contributed by atoms with Crippen LogP contribution in [0.15, 0.2) is 47.5 Å². The highest BCUT2D eigenvalue weighted by Gasteiger charge is 2.47. The molecule has 4 heterocycles. The van der Waals surface area contributed by atoms with Crippen molar-refractivity contribution in [2.24, 2.45) is 5.41 Å². The minimum Gasteiger partial charge on any atom is -0.475 e. The van der Waals surface area contributed by atoms with Crippen molar-refractivity contribution in [2.75, 3.05) is 26.3 Å². The number of furan rings is 1. The number of aliphatic carboxylic acids is 1. The summed E-state index contributed by atoms with van der Waals surface area (Å²) >= 11 is 0. The molecule has 2 aromatic rings. The van der Waals surface area contributed by atoms with Crippen molar-refractivity contribution in [3.05, 3.63) is 54.2 Å². The van der Waals surface area contributed by atoms with E-state index < -0.39 is 12.1 Å². The molecule has 2 aliphatic heterocycles. The number of rotatable bonds is 5. The zero-order valence-electron chi connectivity index (χ0n) is 17.8. The number of amides is 1. The van der Waals surface area contributed by atoms with E-state index in [1.165, 1.54) is 12.5 Å². The van der Waals surface area contributed by atoms with E-state index in [4.69, 9.17) is 23.8 Å². The first-order chi connectivity index (χ1) is 15.7. The first kappa shape index (κ1) is 24.7. The third-order valence-electron chi connectivity index (χ3n) is 5.69. The van der Waals surface area contributed by atoms with E-state index in [1.54, 1.807) is 18.5 Å². The number of halogens is 3. The molecule has 1 amide bonds. The van der Waals surface area contributed by atoms with Crippen LogP contribution in [0.3, 0.4) is 0 Å². The van der Waals surface area contributed by atoms with Gasteiger partial charge in [0.1, 0.15) is 6.26 Å². The number of nitrogens with zero attached hydrogens (tertiary/aromatic N) is 2. The van der Waals surface area contributed by atoms with Gasteiger partial charge in [0.15, 0.2) is 0 Å². The van der Waals surface area contributed by atoms with Crippen molar-refractivity contribution < 1.29 is 41.8 Å². The van der Waals surface area contributed by atoms with E-state index in [2.05, 4.69) is 4.98 Å². The van der Waals surface area contributed by atoms with Crippen molar-refractivity contribution >= 4 is 11.9 Å². The first-order valence-electron chi connectivity index (χ1n) is 10.4. The molecule has 33 heavy (non-hydrogen) atoms. The summed E-state index contributed by atoms with van der Waals surface area (Å²) < 4.78 is 48.9. The molecule has 4 rings (SSSR count). The average Bonchev–Trinajstić information content (AvgIpc) is 3.33. The number of piperidine rings is 1. The van der Waals surface area contributed by atoms with Gasteiger partial charge in [0.25, 0.3) is 5.91 Å². The Balaban J connectivity index is 0.000000383. The van der Waals surface area contributed by atoms with Gasteiger partial charge >= 0.3 is 12.1 Å². The highest BCUT2D eigenvalue weighted by Crippen LogP contribution is 2.41. The summed E-state index contributed by atoms with van der Waals surface area (Å²) in [5, 5.41) is 7.12. The van der Waals surface area contributed by atoms with Gasteiger partial charge in [0.2, 0.25) is 0 Å². The van der Waals surface area contributed by atoms with Gasteiger partial charge in [0.05, 0.1) is 31.1 Å². The summed E-state index contributed by atoms with van der Waals surface area (Å²) in [7, 11) is 0. The second-order valence-corrected chi connectivity index (χ2v) is 8.00. The molecule has 2 fully saturated rings. The number of aromatic nitrogens is 1. The normalized spacial score (nSPS) is 22.6. The second-order valence-electron chi connectivity index (χ2n) is 8.00. The molecule has 2 unspecified atom stereocenters. The summed E-state index contributed by atoms with van der Waals surface area (Å²) in [5.41, 5.74) is 1.57. The summed E-state index contributed by atoms with van der Waals surface area (Å²) in [6.45, 7) is 3.31. The van der Waals surface area contributed by atoms with Crippen LogP contribution >= 0.6 is 0 Å². The number of hydrogen-bond donors (Lipinski definition) is 1. The number of carbonyl (C=O) groups excluding carboxylic acids is 1. The van der Waals surface area contributed by atoms with Crippen molar-refractivity contribution in [1.29, 1.82) is 0 Å². The zero-order valence-corrected chi connectivity index (χ0v) is 17.8. The van der Waals surface area contributed by atoms with E-state index >= 15 is 0 Å². The van der Waals surface area contributed by atoms with Crippen LogP contribution in [-0.2, 0) is 20.9 Å². The lowest BCUT2D eigenvalue weighted by atomic mass is 9.73. The van der Waals surface area contributed by atoms with Crippen LogP contribution in [0, 0.1) is 5.41 Å². The Bertz CT molecular complexity index is 907. The highest BCUT2D eigenvalue weighted by atomic mass is 19.4. The van der Waals surface area contributed by atoms with Gasteiger partial charge in [-0.2, -0.15) is 13.2 Å². The number of ether oxygens (including phenoxy) is 2. The van der Waals surface area contributed by atoms with Gasteiger partial charge in [-0.05, 0) is 43.0 Å². The molecule has 8 nitrogen and oxygen atoms in total. The third-order valence-corrected chi connectivity index (χ3v) is 5.69. The smallest absolute Gasteiger partial charge is 0.475 e. The number of carbonyl (C=O) groups is 2. The standard InChI is InChI=1S/C20H24N2O4.C2HF3O2/c23-19(17-5-11-24-13-17)22-9-4-18-20(14-22,6-1-10-26-18)15-25-12-16-2-7-21-8-3-16;3-2(4,5)1(6)7/h2-3,5,7-8,11,13,18H,1,4,6,9-10,12,14-15H2;(H,6,7). The van der Waals surface area contributed by atoms with Crippen molar-refractivity contribution in [3.63, 3.8) is 0 Å². The minimum atomic E-state index is -5.08. The molecular weight excluding hydrogens is 445 g/mol. The Morgan fingerprint density at radius 1 is 1.27 bits per heavy atom. The van der Waals surface area contributed by atoms with Crippen LogP contribution in [0.1, 0.15) is 35.2 Å². The lowest BCUT2D eigenvalue weighted by Crippen LogP contribution is -2.58. The van der Waals surface area contributed by atoms with Crippen LogP contribution in [0.2, 0.25) is 0 Å². The molecule has 2 aliphatic rings. The summed E-state index contributed by atoms with van der Waals surface area (Å²) in [6.07, 6.45) is 4.54. The van der Waals surface area contributed by atoms with Gasteiger partial charge in [-0.3, -0.25) is 9.78 Å². The SMILES string of the molecule is O=C(O)C(F)(F)F.O=C(c1ccoc1)N1CCC2OCCCC2(COCc2ccncc2)C1. The molecule has 1 N–H and O–H groups in total. The molecule has 11 heteroatoms. The minimum absolute atomic E-state index is 0.0243. The van der Waals surface area contributed by atoms with Crippen LogP contribution in [0.5, 0.6) is 0 Å². The molecule has 0 aromatic carbocycles. The third kappa shape index (κ3) is 6.55.